The van der Waals surface area contributed by atoms with Crippen LogP contribution in [-0.4, -0.2) is 133 Å². The first-order valence-electron chi connectivity index (χ1n) is 27.0. The van der Waals surface area contributed by atoms with Crippen LogP contribution in [0, 0.1) is 0 Å². The Morgan fingerprint density at radius 2 is 0.825 bits per heavy atom. The van der Waals surface area contributed by atoms with Crippen molar-refractivity contribution in [2.45, 2.75) is 145 Å². The maximum atomic E-state index is 13.8. The highest BCUT2D eigenvalue weighted by molar-refractivity contribution is 5.89. The summed E-state index contributed by atoms with van der Waals surface area (Å²) in [6.45, 7) is 4.92. The molecule has 4 saturated heterocycles. The first-order chi connectivity index (χ1) is 39.0. The van der Waals surface area contributed by atoms with E-state index in [4.69, 9.17) is 61.6 Å². The summed E-state index contributed by atoms with van der Waals surface area (Å²) in [7, 11) is 0. The SMILES string of the molecule is C[C@@H]1OC(O[C@@H]2[C@@H](O)[C@H](OCc3ccccc3)O[C@H](COC(=O)c3ccccc3)[C@H]2O[C@@H]2O[C@H](COC(=O)c3ccccc3)[C@@H]3OC(C)(C)O[C@@H]3[C@H]2O)[C@@H](OCc2ccccc2)[C@H](OCc2ccccc2)[C@@H]1OCc1ccccc1. The molecule has 4 aliphatic rings. The standard InChI is InChI=1S/C63H68O17/c1-40-51(68-34-41-22-10-4-11-23-41)56(69-35-42-24-12-5-13-25-42)57(70-36-43-26-14-6-15-27-43)62(74-40)78-54-49(64)60(73-37-44-28-16-7-17-29-44)75-47(38-71-58(66)45-30-18-8-19-31-45)52(54)77-61-50(65)55-53(79-63(2,3)80-55)48(76-61)39-72-59(67)46-32-20-9-21-33-46/h4-33,40,47-57,60-62,64-65H,34-39H2,1-3H3/t40-,47+,48+,49+,50+,51+,52+,53-,54+,55+,56+,57-,60+,61-,62?/m0/s1. The van der Waals surface area contributed by atoms with Crippen LogP contribution in [0.4, 0.5) is 0 Å². The quantitative estimate of drug-likeness (QED) is 0.0623. The maximum Gasteiger partial charge on any atom is 0.338 e. The molecule has 10 rings (SSSR count). The highest BCUT2D eigenvalue weighted by Crippen LogP contribution is 2.41. The molecule has 0 aliphatic carbocycles. The summed E-state index contributed by atoms with van der Waals surface area (Å²) < 4.78 is 85.4. The second kappa shape index (κ2) is 27.0. The van der Waals surface area contributed by atoms with Crippen molar-refractivity contribution in [1.29, 1.82) is 0 Å². The lowest BCUT2D eigenvalue weighted by Gasteiger charge is -2.50. The van der Waals surface area contributed by atoms with E-state index in [1.807, 2.05) is 128 Å². The number of hydrogen-bond donors (Lipinski definition) is 2. The first kappa shape index (κ1) is 57.0. The van der Waals surface area contributed by atoms with E-state index >= 15 is 0 Å². The van der Waals surface area contributed by atoms with Gasteiger partial charge in [-0.15, -0.1) is 0 Å². The zero-order valence-electron chi connectivity index (χ0n) is 44.7. The van der Waals surface area contributed by atoms with Crippen LogP contribution in [0.2, 0.25) is 0 Å². The van der Waals surface area contributed by atoms with Crippen molar-refractivity contribution < 1.29 is 81.4 Å². The largest absolute Gasteiger partial charge is 0.459 e. The Bertz CT molecular complexity index is 2830. The predicted molar refractivity (Wildman–Crippen MR) is 287 cm³/mol. The van der Waals surface area contributed by atoms with Gasteiger partial charge in [-0.2, -0.15) is 0 Å². The summed E-state index contributed by atoms with van der Waals surface area (Å²) in [6.07, 6.45) is -18.2. The second-order valence-electron chi connectivity index (χ2n) is 20.6. The molecule has 1 unspecified atom stereocenters. The fourth-order valence-corrected chi connectivity index (χ4v) is 10.3. The van der Waals surface area contributed by atoms with Gasteiger partial charge >= 0.3 is 11.9 Å². The smallest absolute Gasteiger partial charge is 0.338 e. The molecular formula is C63H68O17. The zero-order valence-corrected chi connectivity index (χ0v) is 44.7. The number of hydrogen-bond acceptors (Lipinski definition) is 17. The van der Waals surface area contributed by atoms with Crippen molar-refractivity contribution >= 4 is 11.9 Å². The van der Waals surface area contributed by atoms with Crippen LogP contribution >= 0.6 is 0 Å². The average Bonchev–Trinajstić information content (AvgIpc) is 3.93. The van der Waals surface area contributed by atoms with Crippen molar-refractivity contribution in [3.63, 3.8) is 0 Å². The Balaban J connectivity index is 1.02. The van der Waals surface area contributed by atoms with Gasteiger partial charge in [-0.3, -0.25) is 0 Å². The monoisotopic (exact) mass is 1100 g/mol. The van der Waals surface area contributed by atoms with Crippen molar-refractivity contribution in [1.82, 2.24) is 0 Å². The van der Waals surface area contributed by atoms with E-state index in [9.17, 15) is 19.8 Å². The zero-order chi connectivity index (χ0) is 55.4. The number of fused-ring (bicyclic) bond motifs is 1. The molecule has 6 aromatic rings. The topological polar surface area (TPSA) is 195 Å². The molecule has 422 valence electrons. The Labute approximate surface area is 465 Å². The van der Waals surface area contributed by atoms with Crippen LogP contribution in [0.25, 0.3) is 0 Å². The second-order valence-corrected chi connectivity index (χ2v) is 20.6. The van der Waals surface area contributed by atoms with E-state index in [2.05, 4.69) is 0 Å². The van der Waals surface area contributed by atoms with E-state index in [-0.39, 0.29) is 38.6 Å². The predicted octanol–water partition coefficient (Wildman–Crippen LogP) is 7.88. The molecule has 6 aromatic carbocycles. The number of benzene rings is 6. The van der Waals surface area contributed by atoms with E-state index in [0.717, 1.165) is 22.3 Å². The van der Waals surface area contributed by atoms with E-state index in [1.54, 1.807) is 74.5 Å². The average molecular weight is 1100 g/mol. The van der Waals surface area contributed by atoms with E-state index in [0.29, 0.717) is 5.56 Å². The molecule has 0 amide bonds. The molecule has 4 fully saturated rings. The molecule has 0 bridgehead atoms. The Morgan fingerprint density at radius 1 is 0.425 bits per heavy atom. The summed E-state index contributed by atoms with van der Waals surface area (Å²) in [5.74, 6) is -2.49. The van der Waals surface area contributed by atoms with Gasteiger partial charge in [-0.25, -0.2) is 9.59 Å². The van der Waals surface area contributed by atoms with E-state index in [1.165, 1.54) is 0 Å². The lowest BCUT2D eigenvalue weighted by atomic mass is 9.95. The van der Waals surface area contributed by atoms with Gasteiger partial charge in [0.2, 0.25) is 0 Å². The van der Waals surface area contributed by atoms with Gasteiger partial charge in [0, 0.05) is 0 Å². The highest BCUT2D eigenvalue weighted by atomic mass is 16.8. The molecule has 15 atom stereocenters. The number of carbonyl (C=O) groups excluding carboxylic acids is 2. The Kier molecular flexibility index (Phi) is 19.2. The molecule has 80 heavy (non-hydrogen) atoms. The van der Waals surface area contributed by atoms with Crippen molar-refractivity contribution in [3.8, 4) is 0 Å². The lowest BCUT2D eigenvalue weighted by Crippen LogP contribution is -2.67. The molecule has 0 aromatic heterocycles. The van der Waals surface area contributed by atoms with Crippen LogP contribution in [0.5, 0.6) is 0 Å². The van der Waals surface area contributed by atoms with Crippen LogP contribution in [0.15, 0.2) is 182 Å². The molecule has 0 radical (unpaired) electrons. The van der Waals surface area contributed by atoms with Gasteiger partial charge < -0.3 is 71.8 Å². The molecule has 2 N–H and O–H groups in total. The van der Waals surface area contributed by atoms with Gasteiger partial charge in [0.15, 0.2) is 24.7 Å². The summed E-state index contributed by atoms with van der Waals surface area (Å²) >= 11 is 0. The van der Waals surface area contributed by atoms with E-state index < -0.39 is 116 Å². The highest BCUT2D eigenvalue weighted by Gasteiger charge is 2.59. The number of ether oxygens (including phenoxy) is 13. The van der Waals surface area contributed by atoms with Crippen LogP contribution in [0.3, 0.4) is 0 Å². The fourth-order valence-electron chi connectivity index (χ4n) is 10.3. The minimum atomic E-state index is -1.67. The summed E-state index contributed by atoms with van der Waals surface area (Å²) in [5, 5.41) is 25.1. The third-order valence-corrected chi connectivity index (χ3v) is 14.3. The third-order valence-electron chi connectivity index (χ3n) is 14.3. The number of esters is 2. The molecule has 17 nitrogen and oxygen atoms in total. The normalized spacial score (nSPS) is 30.0. The third kappa shape index (κ3) is 14.4. The first-order valence-corrected chi connectivity index (χ1v) is 27.0. The molecule has 4 aliphatic heterocycles. The van der Waals surface area contributed by atoms with Crippen LogP contribution in [-0.2, 0) is 88.0 Å². The van der Waals surface area contributed by atoms with Crippen molar-refractivity contribution in [2.24, 2.45) is 0 Å². The molecule has 0 saturated carbocycles. The van der Waals surface area contributed by atoms with Crippen molar-refractivity contribution in [2.75, 3.05) is 13.2 Å². The Hall–Kier alpha value is -6.26. The van der Waals surface area contributed by atoms with Crippen LogP contribution in [0.1, 0.15) is 63.7 Å². The minimum absolute atomic E-state index is 0.00301. The van der Waals surface area contributed by atoms with Gasteiger partial charge in [0.1, 0.15) is 80.4 Å². The molecule has 0 spiro atoms. The van der Waals surface area contributed by atoms with Gasteiger partial charge in [-0.1, -0.05) is 158 Å². The summed E-state index contributed by atoms with van der Waals surface area (Å²) in [5.41, 5.74) is 4.04. The molecule has 17 heteroatoms. The number of rotatable bonds is 22. The fraction of sp³-hybridized carbons (Fsp3) is 0.397. The van der Waals surface area contributed by atoms with Crippen molar-refractivity contribution in [3.05, 3.63) is 215 Å². The molecule has 4 heterocycles. The minimum Gasteiger partial charge on any atom is -0.459 e. The Morgan fingerprint density at radius 3 is 1.32 bits per heavy atom. The number of aliphatic hydroxyl groups is 2. The summed E-state index contributed by atoms with van der Waals surface area (Å²) in [4.78, 5) is 27.1. The summed E-state index contributed by atoms with van der Waals surface area (Å²) in [6, 6.07) is 55.3. The maximum absolute atomic E-state index is 13.8. The number of carbonyl (C=O) groups is 2. The molecular weight excluding hydrogens is 1030 g/mol. The van der Waals surface area contributed by atoms with Gasteiger partial charge in [-0.05, 0) is 67.3 Å². The van der Waals surface area contributed by atoms with Crippen LogP contribution < -0.4 is 0 Å². The number of aliphatic hydroxyl groups excluding tert-OH is 2. The lowest BCUT2D eigenvalue weighted by molar-refractivity contribution is -0.388. The van der Waals surface area contributed by atoms with Gasteiger partial charge in [0.25, 0.3) is 0 Å². The van der Waals surface area contributed by atoms with Gasteiger partial charge in [0.05, 0.1) is 43.7 Å².